The molecule has 0 bridgehead atoms. The molecule has 0 fully saturated rings. The van der Waals surface area contributed by atoms with Crippen LogP contribution in [0.15, 0.2) is 42.7 Å². The lowest BCUT2D eigenvalue weighted by molar-refractivity contribution is 0.0698. The van der Waals surface area contributed by atoms with Gasteiger partial charge in [-0.3, -0.25) is 4.57 Å². The molecule has 1 N–H and O–H groups in total. The molecule has 0 atom stereocenters. The fourth-order valence-corrected chi connectivity index (χ4v) is 2.65. The van der Waals surface area contributed by atoms with Crippen LogP contribution in [-0.2, 0) is 0 Å². The molecule has 0 saturated carbocycles. The van der Waals surface area contributed by atoms with Crippen LogP contribution in [0.25, 0.3) is 16.7 Å². The van der Waals surface area contributed by atoms with Crippen molar-refractivity contribution >= 4 is 28.6 Å². The highest BCUT2D eigenvalue weighted by atomic mass is 35.5. The van der Waals surface area contributed by atoms with Crippen molar-refractivity contribution in [3.8, 4) is 5.69 Å². The molecule has 0 aliphatic rings. The third-order valence-corrected chi connectivity index (χ3v) is 3.53. The number of aromatic carboxylic acids is 1. The third kappa shape index (κ3) is 1.85. The van der Waals surface area contributed by atoms with Crippen molar-refractivity contribution in [1.82, 2.24) is 9.55 Å². The summed E-state index contributed by atoms with van der Waals surface area (Å²) in [5.74, 6) is -0.984. The van der Waals surface area contributed by atoms with E-state index in [0.29, 0.717) is 16.1 Å². The number of imidazole rings is 1. The van der Waals surface area contributed by atoms with Crippen molar-refractivity contribution < 1.29 is 9.90 Å². The third-order valence-electron chi connectivity index (χ3n) is 3.23. The first-order valence-corrected chi connectivity index (χ1v) is 6.42. The Morgan fingerprint density at radius 2 is 2.00 bits per heavy atom. The predicted molar refractivity (Wildman–Crippen MR) is 77.8 cm³/mol. The Hall–Kier alpha value is -2.33. The van der Waals surface area contributed by atoms with E-state index in [1.807, 2.05) is 19.1 Å². The molecule has 0 aliphatic heterocycles. The van der Waals surface area contributed by atoms with Gasteiger partial charge < -0.3 is 5.11 Å². The van der Waals surface area contributed by atoms with Gasteiger partial charge in [0, 0.05) is 0 Å². The van der Waals surface area contributed by atoms with Gasteiger partial charge in [0.1, 0.15) is 6.33 Å². The number of para-hydroxylation sites is 2. The number of hydrogen-bond acceptors (Lipinski definition) is 2. The largest absolute Gasteiger partial charge is 0.478 e. The quantitative estimate of drug-likeness (QED) is 0.782. The van der Waals surface area contributed by atoms with Gasteiger partial charge in [-0.05, 0) is 30.7 Å². The van der Waals surface area contributed by atoms with E-state index in [9.17, 15) is 9.90 Å². The zero-order valence-corrected chi connectivity index (χ0v) is 11.4. The van der Waals surface area contributed by atoms with Gasteiger partial charge in [-0.25, -0.2) is 9.78 Å². The Bertz CT molecular complexity index is 804. The Labute approximate surface area is 120 Å². The zero-order valence-electron chi connectivity index (χ0n) is 10.7. The van der Waals surface area contributed by atoms with E-state index in [1.54, 1.807) is 35.2 Å². The lowest BCUT2D eigenvalue weighted by Crippen LogP contribution is -2.03. The van der Waals surface area contributed by atoms with Gasteiger partial charge in [-0.1, -0.05) is 29.8 Å². The Balaban J connectivity index is 2.41. The van der Waals surface area contributed by atoms with Crippen LogP contribution < -0.4 is 0 Å². The SMILES string of the molecule is Cc1cccc(Cl)c1-n1cnc2cccc(C(=O)O)c21. The maximum absolute atomic E-state index is 11.4. The van der Waals surface area contributed by atoms with Crippen LogP contribution in [0.3, 0.4) is 0 Å². The zero-order chi connectivity index (χ0) is 14.3. The average Bonchev–Trinajstić information content (AvgIpc) is 2.82. The van der Waals surface area contributed by atoms with Gasteiger partial charge in [-0.15, -0.1) is 0 Å². The van der Waals surface area contributed by atoms with E-state index in [1.165, 1.54) is 0 Å². The molecule has 0 radical (unpaired) electrons. The number of halogens is 1. The molecule has 2 aromatic carbocycles. The highest BCUT2D eigenvalue weighted by Crippen LogP contribution is 2.29. The molecule has 1 aromatic heterocycles. The number of aromatic nitrogens is 2. The molecular formula is C15H11ClN2O2. The van der Waals surface area contributed by atoms with E-state index in [-0.39, 0.29) is 5.56 Å². The highest BCUT2D eigenvalue weighted by molar-refractivity contribution is 6.32. The van der Waals surface area contributed by atoms with Crippen molar-refractivity contribution in [2.75, 3.05) is 0 Å². The molecule has 1 heterocycles. The van der Waals surface area contributed by atoms with Crippen LogP contribution in [0.5, 0.6) is 0 Å². The average molecular weight is 287 g/mol. The Kier molecular flexibility index (Phi) is 2.95. The fourth-order valence-electron chi connectivity index (χ4n) is 2.34. The number of aryl methyl sites for hydroxylation is 1. The van der Waals surface area contributed by atoms with E-state index in [2.05, 4.69) is 4.98 Å². The number of carboxylic acids is 1. The Morgan fingerprint density at radius 1 is 1.25 bits per heavy atom. The normalized spacial score (nSPS) is 10.9. The first-order chi connectivity index (χ1) is 9.59. The molecule has 0 unspecified atom stereocenters. The molecule has 0 amide bonds. The van der Waals surface area contributed by atoms with E-state index < -0.39 is 5.97 Å². The van der Waals surface area contributed by atoms with Crippen molar-refractivity contribution in [3.63, 3.8) is 0 Å². The summed E-state index contributed by atoms with van der Waals surface area (Å²) in [6, 6.07) is 10.6. The van der Waals surface area contributed by atoms with Gasteiger partial charge >= 0.3 is 5.97 Å². The molecule has 0 saturated heterocycles. The van der Waals surface area contributed by atoms with Gasteiger partial charge in [0.2, 0.25) is 0 Å². The molecular weight excluding hydrogens is 276 g/mol. The maximum atomic E-state index is 11.4. The van der Waals surface area contributed by atoms with Crippen molar-refractivity contribution in [2.24, 2.45) is 0 Å². The summed E-state index contributed by atoms with van der Waals surface area (Å²) in [6.07, 6.45) is 1.60. The number of hydrogen-bond donors (Lipinski definition) is 1. The van der Waals surface area contributed by atoms with Crippen LogP contribution in [0, 0.1) is 6.92 Å². The number of fused-ring (bicyclic) bond motifs is 1. The number of nitrogens with zero attached hydrogens (tertiary/aromatic N) is 2. The minimum absolute atomic E-state index is 0.208. The second-order valence-corrected chi connectivity index (χ2v) is 4.91. The molecule has 0 spiro atoms. The number of carboxylic acid groups (broad SMARTS) is 1. The first-order valence-electron chi connectivity index (χ1n) is 6.04. The second kappa shape index (κ2) is 4.65. The maximum Gasteiger partial charge on any atom is 0.337 e. The first kappa shape index (κ1) is 12.7. The molecule has 4 nitrogen and oxygen atoms in total. The summed E-state index contributed by atoms with van der Waals surface area (Å²) in [4.78, 5) is 15.7. The minimum atomic E-state index is -0.984. The van der Waals surface area contributed by atoms with Crippen molar-refractivity contribution in [1.29, 1.82) is 0 Å². The van der Waals surface area contributed by atoms with Gasteiger partial charge in [0.15, 0.2) is 0 Å². The number of rotatable bonds is 2. The Morgan fingerprint density at radius 3 is 2.70 bits per heavy atom. The van der Waals surface area contributed by atoms with E-state index in [0.717, 1.165) is 11.3 Å². The van der Waals surface area contributed by atoms with Crippen LogP contribution in [0.2, 0.25) is 5.02 Å². The second-order valence-electron chi connectivity index (χ2n) is 4.50. The van der Waals surface area contributed by atoms with Crippen molar-refractivity contribution in [3.05, 3.63) is 58.9 Å². The minimum Gasteiger partial charge on any atom is -0.478 e. The molecule has 20 heavy (non-hydrogen) atoms. The molecule has 3 rings (SSSR count). The van der Waals surface area contributed by atoms with Gasteiger partial charge in [-0.2, -0.15) is 0 Å². The summed E-state index contributed by atoms with van der Waals surface area (Å²) in [6.45, 7) is 1.93. The van der Waals surface area contributed by atoms with E-state index >= 15 is 0 Å². The summed E-state index contributed by atoms with van der Waals surface area (Å²) in [5, 5.41) is 9.90. The molecule has 5 heteroatoms. The fraction of sp³-hybridized carbons (Fsp3) is 0.0667. The summed E-state index contributed by atoms with van der Waals surface area (Å²) in [5.41, 5.74) is 3.10. The van der Waals surface area contributed by atoms with E-state index in [4.69, 9.17) is 11.6 Å². The lowest BCUT2D eigenvalue weighted by atomic mass is 10.1. The van der Waals surface area contributed by atoms with Crippen LogP contribution in [0.1, 0.15) is 15.9 Å². The topological polar surface area (TPSA) is 55.1 Å². The highest BCUT2D eigenvalue weighted by Gasteiger charge is 2.16. The number of carbonyl (C=O) groups is 1. The number of benzene rings is 2. The summed E-state index contributed by atoms with van der Waals surface area (Å²) >= 11 is 6.26. The standard InChI is InChI=1S/C15H11ClN2O2/c1-9-4-2-6-11(16)13(9)18-8-17-12-7-3-5-10(14(12)18)15(19)20/h2-8H,1H3,(H,19,20). The smallest absolute Gasteiger partial charge is 0.337 e. The summed E-state index contributed by atoms with van der Waals surface area (Å²) in [7, 11) is 0. The molecule has 0 aliphatic carbocycles. The van der Waals surface area contributed by atoms with Gasteiger partial charge in [0.25, 0.3) is 0 Å². The molecule has 100 valence electrons. The monoisotopic (exact) mass is 286 g/mol. The van der Waals surface area contributed by atoms with Crippen molar-refractivity contribution in [2.45, 2.75) is 6.92 Å². The predicted octanol–water partition coefficient (Wildman–Crippen LogP) is 3.69. The van der Waals surface area contributed by atoms with Crippen LogP contribution >= 0.6 is 11.6 Å². The van der Waals surface area contributed by atoms with Crippen LogP contribution in [0.4, 0.5) is 0 Å². The molecule has 3 aromatic rings. The summed E-state index contributed by atoms with van der Waals surface area (Å²) < 4.78 is 1.73. The van der Waals surface area contributed by atoms with Crippen LogP contribution in [-0.4, -0.2) is 20.6 Å². The lowest BCUT2D eigenvalue weighted by Gasteiger charge is -2.11. The van der Waals surface area contributed by atoms with Gasteiger partial charge in [0.05, 0.1) is 27.3 Å².